The highest BCUT2D eigenvalue weighted by Gasteiger charge is 2.46. The molecule has 0 saturated carbocycles. The minimum atomic E-state index is -0.909. The lowest BCUT2D eigenvalue weighted by Gasteiger charge is -2.22. The van der Waals surface area contributed by atoms with Gasteiger partial charge in [0, 0.05) is 12.2 Å². The van der Waals surface area contributed by atoms with Gasteiger partial charge in [-0.15, -0.1) is 0 Å². The summed E-state index contributed by atoms with van der Waals surface area (Å²) >= 11 is 0. The standard InChI is InChI=1S/C23H26FN3O4/c1-15(2)12-13-26-20(14-21(28)25-17-6-4-16(24)5-7-17)22(29)27(23(26)30)18-8-10-19(31-3)11-9-18/h4-11,15,20H,12-14H2,1-3H3,(H,25,28)/t20-/m0/s1. The zero-order valence-corrected chi connectivity index (χ0v) is 17.8. The van der Waals surface area contributed by atoms with Crippen molar-refractivity contribution in [2.75, 3.05) is 23.9 Å². The SMILES string of the molecule is COc1ccc(N2C(=O)[C@H](CC(=O)Nc3ccc(F)cc3)N(CCC(C)C)C2=O)cc1. The van der Waals surface area contributed by atoms with Crippen LogP contribution in [-0.4, -0.2) is 42.4 Å². The van der Waals surface area contributed by atoms with Crippen molar-refractivity contribution in [1.82, 2.24) is 4.90 Å². The summed E-state index contributed by atoms with van der Waals surface area (Å²) in [6.07, 6.45) is 0.512. The number of anilines is 2. The molecular weight excluding hydrogens is 401 g/mol. The Hall–Kier alpha value is -3.42. The quantitative estimate of drug-likeness (QED) is 0.645. The van der Waals surface area contributed by atoms with E-state index in [9.17, 15) is 18.8 Å². The Kier molecular flexibility index (Phi) is 6.89. The zero-order chi connectivity index (χ0) is 22.5. The van der Waals surface area contributed by atoms with Gasteiger partial charge >= 0.3 is 6.03 Å². The van der Waals surface area contributed by atoms with Gasteiger partial charge in [0.25, 0.3) is 5.91 Å². The number of nitrogens with zero attached hydrogens (tertiary/aromatic N) is 2. The van der Waals surface area contributed by atoms with Crippen molar-refractivity contribution in [3.05, 3.63) is 54.3 Å². The number of amides is 4. The van der Waals surface area contributed by atoms with Crippen molar-refractivity contribution >= 4 is 29.2 Å². The predicted octanol–water partition coefficient (Wildman–Crippen LogP) is 4.05. The first-order chi connectivity index (χ1) is 14.8. The number of carbonyl (C=O) groups is 3. The number of benzene rings is 2. The van der Waals surface area contributed by atoms with Crippen LogP contribution in [-0.2, 0) is 9.59 Å². The van der Waals surface area contributed by atoms with Crippen molar-refractivity contribution < 1.29 is 23.5 Å². The Morgan fingerprint density at radius 1 is 1.10 bits per heavy atom. The van der Waals surface area contributed by atoms with Gasteiger partial charge in [-0.1, -0.05) is 13.8 Å². The summed E-state index contributed by atoms with van der Waals surface area (Å²) in [5.41, 5.74) is 0.843. The molecule has 1 atom stereocenters. The predicted molar refractivity (Wildman–Crippen MR) is 115 cm³/mol. The monoisotopic (exact) mass is 427 g/mol. The van der Waals surface area contributed by atoms with Crippen LogP contribution in [0.1, 0.15) is 26.7 Å². The number of rotatable bonds is 8. The summed E-state index contributed by atoms with van der Waals surface area (Å²) in [5.74, 6) is -0.358. The van der Waals surface area contributed by atoms with E-state index >= 15 is 0 Å². The normalized spacial score (nSPS) is 16.2. The third-order valence-corrected chi connectivity index (χ3v) is 5.10. The van der Waals surface area contributed by atoms with Gasteiger partial charge in [0.15, 0.2) is 0 Å². The van der Waals surface area contributed by atoms with E-state index in [0.717, 1.165) is 4.90 Å². The van der Waals surface area contributed by atoms with Gasteiger partial charge in [0.05, 0.1) is 19.2 Å². The van der Waals surface area contributed by atoms with Crippen LogP contribution in [0.25, 0.3) is 0 Å². The minimum absolute atomic E-state index is 0.188. The number of hydrogen-bond donors (Lipinski definition) is 1. The number of hydrogen-bond acceptors (Lipinski definition) is 4. The first kappa shape index (κ1) is 22.3. The molecule has 31 heavy (non-hydrogen) atoms. The lowest BCUT2D eigenvalue weighted by molar-refractivity contribution is -0.124. The third-order valence-electron chi connectivity index (χ3n) is 5.10. The lowest BCUT2D eigenvalue weighted by Crippen LogP contribution is -2.39. The highest BCUT2D eigenvalue weighted by molar-refractivity contribution is 6.22. The molecule has 164 valence electrons. The number of carbonyl (C=O) groups excluding carboxylic acids is 3. The van der Waals surface area contributed by atoms with E-state index in [4.69, 9.17) is 4.74 Å². The van der Waals surface area contributed by atoms with Crippen LogP contribution in [0.15, 0.2) is 48.5 Å². The second-order valence-corrected chi connectivity index (χ2v) is 7.81. The van der Waals surface area contributed by atoms with Crippen LogP contribution in [0.5, 0.6) is 5.75 Å². The largest absolute Gasteiger partial charge is 0.497 e. The molecule has 0 aromatic heterocycles. The van der Waals surface area contributed by atoms with Gasteiger partial charge < -0.3 is 15.0 Å². The van der Waals surface area contributed by atoms with E-state index in [0.29, 0.717) is 36.0 Å². The maximum Gasteiger partial charge on any atom is 0.332 e. The van der Waals surface area contributed by atoms with Crippen LogP contribution < -0.4 is 15.0 Å². The highest BCUT2D eigenvalue weighted by atomic mass is 19.1. The number of ether oxygens (including phenoxy) is 1. The first-order valence-corrected chi connectivity index (χ1v) is 10.1. The van der Waals surface area contributed by atoms with Gasteiger partial charge in [0.2, 0.25) is 5.91 Å². The molecule has 0 bridgehead atoms. The van der Waals surface area contributed by atoms with Crippen LogP contribution >= 0.6 is 0 Å². The van der Waals surface area contributed by atoms with Crippen molar-refractivity contribution in [2.45, 2.75) is 32.7 Å². The first-order valence-electron chi connectivity index (χ1n) is 10.1. The van der Waals surface area contributed by atoms with Crippen LogP contribution in [0, 0.1) is 11.7 Å². The molecule has 1 saturated heterocycles. The molecule has 0 unspecified atom stereocenters. The Labute approximate surface area is 180 Å². The van der Waals surface area contributed by atoms with Gasteiger partial charge in [0.1, 0.15) is 17.6 Å². The van der Waals surface area contributed by atoms with Gasteiger partial charge in [-0.3, -0.25) is 9.59 Å². The summed E-state index contributed by atoms with van der Waals surface area (Å²) in [4.78, 5) is 41.4. The van der Waals surface area contributed by atoms with E-state index in [1.54, 1.807) is 24.3 Å². The Morgan fingerprint density at radius 2 is 1.74 bits per heavy atom. The fourth-order valence-electron chi connectivity index (χ4n) is 3.37. The number of halogens is 1. The number of nitrogens with one attached hydrogen (secondary N) is 1. The third kappa shape index (κ3) is 5.20. The molecule has 1 heterocycles. The average molecular weight is 427 g/mol. The van der Waals surface area contributed by atoms with Gasteiger partial charge in [-0.25, -0.2) is 14.1 Å². The van der Waals surface area contributed by atoms with Crippen molar-refractivity contribution in [3.63, 3.8) is 0 Å². The minimum Gasteiger partial charge on any atom is -0.497 e. The maximum absolute atomic E-state index is 13.2. The summed E-state index contributed by atoms with van der Waals surface area (Å²) in [6.45, 7) is 4.42. The van der Waals surface area contributed by atoms with E-state index in [2.05, 4.69) is 5.32 Å². The Balaban J connectivity index is 1.80. The van der Waals surface area contributed by atoms with E-state index in [-0.39, 0.29) is 6.42 Å². The molecule has 4 amide bonds. The smallest absolute Gasteiger partial charge is 0.332 e. The number of urea groups is 1. The number of imide groups is 1. The summed E-state index contributed by atoms with van der Waals surface area (Å²) in [7, 11) is 1.53. The topological polar surface area (TPSA) is 79.0 Å². The Morgan fingerprint density at radius 3 is 2.32 bits per heavy atom. The molecular formula is C23H26FN3O4. The molecule has 8 heteroatoms. The Bertz CT molecular complexity index is 944. The summed E-state index contributed by atoms with van der Waals surface area (Å²) in [6, 6.07) is 10.6. The zero-order valence-electron chi connectivity index (χ0n) is 17.8. The molecule has 3 rings (SSSR count). The molecule has 1 aliphatic heterocycles. The fraction of sp³-hybridized carbons (Fsp3) is 0.348. The fourth-order valence-corrected chi connectivity index (χ4v) is 3.37. The molecule has 1 fully saturated rings. The number of methoxy groups -OCH3 is 1. The van der Waals surface area contributed by atoms with Gasteiger partial charge in [-0.2, -0.15) is 0 Å². The van der Waals surface area contributed by atoms with Crippen molar-refractivity contribution in [1.29, 1.82) is 0 Å². The molecule has 0 aliphatic carbocycles. The highest BCUT2D eigenvalue weighted by Crippen LogP contribution is 2.29. The average Bonchev–Trinajstić information content (AvgIpc) is 2.97. The molecule has 0 radical (unpaired) electrons. The molecule has 1 aliphatic rings. The maximum atomic E-state index is 13.2. The summed E-state index contributed by atoms with van der Waals surface area (Å²) < 4.78 is 18.2. The molecule has 0 spiro atoms. The van der Waals surface area contributed by atoms with E-state index in [1.165, 1.54) is 36.3 Å². The molecule has 2 aromatic rings. The van der Waals surface area contributed by atoms with Gasteiger partial charge in [-0.05, 0) is 60.9 Å². The van der Waals surface area contributed by atoms with Crippen molar-refractivity contribution in [2.24, 2.45) is 5.92 Å². The summed E-state index contributed by atoms with van der Waals surface area (Å²) in [5, 5.41) is 2.66. The molecule has 2 aromatic carbocycles. The van der Waals surface area contributed by atoms with Crippen LogP contribution in [0.2, 0.25) is 0 Å². The van der Waals surface area contributed by atoms with Crippen molar-refractivity contribution in [3.8, 4) is 5.75 Å². The molecule has 7 nitrogen and oxygen atoms in total. The van der Waals surface area contributed by atoms with E-state index < -0.39 is 29.7 Å². The van der Waals surface area contributed by atoms with Crippen LogP contribution in [0.4, 0.5) is 20.6 Å². The second-order valence-electron chi connectivity index (χ2n) is 7.81. The molecule has 1 N–H and O–H groups in total. The van der Waals surface area contributed by atoms with E-state index in [1.807, 2.05) is 13.8 Å². The van der Waals surface area contributed by atoms with Crippen LogP contribution in [0.3, 0.4) is 0 Å². The second kappa shape index (κ2) is 9.59. The lowest BCUT2D eigenvalue weighted by atomic mass is 10.1.